The van der Waals surface area contributed by atoms with E-state index < -0.39 is 5.67 Å². The van der Waals surface area contributed by atoms with Crippen LogP contribution in [0.5, 0.6) is 0 Å². The van der Waals surface area contributed by atoms with Gasteiger partial charge < -0.3 is 5.32 Å². The van der Waals surface area contributed by atoms with Crippen LogP contribution in [-0.4, -0.2) is 18.8 Å². The van der Waals surface area contributed by atoms with Gasteiger partial charge in [0.05, 0.1) is 0 Å². The second-order valence-electron chi connectivity index (χ2n) is 2.92. The molecule has 0 saturated carbocycles. The highest BCUT2D eigenvalue weighted by atomic mass is 35.5. The number of nitrogens with one attached hydrogen (secondary N) is 1. The molecule has 1 heterocycles. The smallest absolute Gasteiger partial charge is 0.110 e. The quantitative estimate of drug-likeness (QED) is 0.600. The van der Waals surface area contributed by atoms with Gasteiger partial charge in [-0.05, 0) is 13.8 Å². The molecule has 0 bridgehead atoms. The molecule has 0 aromatic heterocycles. The topological polar surface area (TPSA) is 12.0 Å². The Morgan fingerprint density at radius 3 is 1.89 bits per heavy atom. The molecule has 0 spiro atoms. The lowest BCUT2D eigenvalue weighted by atomic mass is 9.88. The fraction of sp³-hybridized carbons (Fsp3) is 1.00. The molecular weight excluding hydrogens is 141 g/mol. The molecule has 0 atom stereocenters. The van der Waals surface area contributed by atoms with E-state index in [0.29, 0.717) is 0 Å². The summed E-state index contributed by atoms with van der Waals surface area (Å²) in [5.74, 6) is 0.252. The summed E-state index contributed by atoms with van der Waals surface area (Å²) in [6.07, 6.45) is 0. The van der Waals surface area contributed by atoms with Gasteiger partial charge in [-0.2, -0.15) is 0 Å². The molecule has 1 aliphatic rings. The SMILES string of the molecule is CC(C)(F)C1CNC1.Cl. The lowest BCUT2D eigenvalue weighted by Crippen LogP contribution is -2.51. The van der Waals surface area contributed by atoms with Crippen LogP contribution in [0.2, 0.25) is 0 Å². The molecule has 1 rings (SSSR count). The first-order valence-electron chi connectivity index (χ1n) is 3.00. The molecule has 1 fully saturated rings. The number of hydrogen-bond donors (Lipinski definition) is 1. The van der Waals surface area contributed by atoms with Crippen LogP contribution in [0.4, 0.5) is 4.39 Å². The van der Waals surface area contributed by atoms with Crippen molar-refractivity contribution in [3.63, 3.8) is 0 Å². The zero-order valence-corrected chi connectivity index (χ0v) is 6.59. The Labute approximate surface area is 61.4 Å². The van der Waals surface area contributed by atoms with Gasteiger partial charge in [-0.15, -0.1) is 12.4 Å². The van der Waals surface area contributed by atoms with E-state index in [1.165, 1.54) is 0 Å². The molecule has 1 saturated heterocycles. The highest BCUT2D eigenvalue weighted by Crippen LogP contribution is 2.23. The third-order valence-corrected chi connectivity index (χ3v) is 1.75. The first-order valence-corrected chi connectivity index (χ1v) is 3.00. The van der Waals surface area contributed by atoms with Crippen molar-refractivity contribution in [2.75, 3.05) is 13.1 Å². The minimum absolute atomic E-state index is 0. The van der Waals surface area contributed by atoms with Gasteiger partial charge in [-0.1, -0.05) is 0 Å². The average molecular weight is 154 g/mol. The Balaban J connectivity index is 0.000000640. The van der Waals surface area contributed by atoms with Crippen LogP contribution in [0.25, 0.3) is 0 Å². The molecule has 9 heavy (non-hydrogen) atoms. The second kappa shape index (κ2) is 2.84. The van der Waals surface area contributed by atoms with Crippen molar-refractivity contribution in [1.82, 2.24) is 5.32 Å². The van der Waals surface area contributed by atoms with Crippen LogP contribution in [-0.2, 0) is 0 Å². The summed E-state index contributed by atoms with van der Waals surface area (Å²) < 4.78 is 12.8. The third-order valence-electron chi connectivity index (χ3n) is 1.75. The molecule has 1 N–H and O–H groups in total. The molecule has 0 amide bonds. The van der Waals surface area contributed by atoms with Gasteiger partial charge in [0.15, 0.2) is 0 Å². The number of alkyl halides is 1. The van der Waals surface area contributed by atoms with Crippen LogP contribution in [0.15, 0.2) is 0 Å². The zero-order chi connectivity index (χ0) is 6.20. The van der Waals surface area contributed by atoms with Gasteiger partial charge in [-0.25, -0.2) is 4.39 Å². The Kier molecular flexibility index (Phi) is 2.90. The largest absolute Gasteiger partial charge is 0.316 e. The van der Waals surface area contributed by atoms with Crippen LogP contribution >= 0.6 is 12.4 Å². The normalized spacial score (nSPS) is 20.3. The summed E-state index contributed by atoms with van der Waals surface area (Å²) in [7, 11) is 0. The molecule has 3 heteroatoms. The lowest BCUT2D eigenvalue weighted by molar-refractivity contribution is 0.0845. The van der Waals surface area contributed by atoms with E-state index in [9.17, 15) is 4.39 Å². The molecule has 0 aromatic carbocycles. The van der Waals surface area contributed by atoms with Gasteiger partial charge in [0.1, 0.15) is 5.67 Å². The molecule has 0 radical (unpaired) electrons. The number of rotatable bonds is 1. The molecule has 56 valence electrons. The van der Waals surface area contributed by atoms with Gasteiger partial charge in [0.2, 0.25) is 0 Å². The first kappa shape index (κ1) is 9.18. The standard InChI is InChI=1S/C6H12FN.ClH/c1-6(2,7)5-3-8-4-5;/h5,8H,3-4H2,1-2H3;1H. The molecule has 0 aromatic rings. The Morgan fingerprint density at radius 1 is 1.44 bits per heavy atom. The van der Waals surface area contributed by atoms with E-state index in [4.69, 9.17) is 0 Å². The van der Waals surface area contributed by atoms with Crippen molar-refractivity contribution >= 4 is 12.4 Å². The van der Waals surface area contributed by atoms with Gasteiger partial charge in [-0.3, -0.25) is 0 Å². The molecule has 0 aliphatic carbocycles. The third kappa shape index (κ3) is 2.11. The van der Waals surface area contributed by atoms with Crippen LogP contribution in [0.3, 0.4) is 0 Å². The Bertz CT molecular complexity index is 85.5. The summed E-state index contributed by atoms with van der Waals surface area (Å²) >= 11 is 0. The fourth-order valence-electron chi connectivity index (χ4n) is 0.774. The summed E-state index contributed by atoms with van der Waals surface area (Å²) in [6.45, 7) is 4.98. The monoisotopic (exact) mass is 153 g/mol. The summed E-state index contributed by atoms with van der Waals surface area (Å²) in [4.78, 5) is 0. The highest BCUT2D eigenvalue weighted by molar-refractivity contribution is 5.85. The van der Waals surface area contributed by atoms with E-state index >= 15 is 0 Å². The maximum atomic E-state index is 12.8. The van der Waals surface area contributed by atoms with Crippen molar-refractivity contribution in [3.8, 4) is 0 Å². The maximum Gasteiger partial charge on any atom is 0.110 e. The Hall–Kier alpha value is 0.180. The zero-order valence-electron chi connectivity index (χ0n) is 5.78. The van der Waals surface area contributed by atoms with Crippen molar-refractivity contribution < 1.29 is 4.39 Å². The minimum atomic E-state index is -0.967. The van der Waals surface area contributed by atoms with Crippen molar-refractivity contribution in [3.05, 3.63) is 0 Å². The maximum absolute atomic E-state index is 12.8. The van der Waals surface area contributed by atoms with Crippen molar-refractivity contribution in [2.24, 2.45) is 5.92 Å². The Morgan fingerprint density at radius 2 is 1.89 bits per heavy atom. The van der Waals surface area contributed by atoms with E-state index in [1.54, 1.807) is 13.8 Å². The number of halogens is 2. The van der Waals surface area contributed by atoms with E-state index in [0.717, 1.165) is 13.1 Å². The predicted molar refractivity (Wildman–Crippen MR) is 38.8 cm³/mol. The van der Waals surface area contributed by atoms with Gasteiger partial charge in [0, 0.05) is 19.0 Å². The summed E-state index contributed by atoms with van der Waals surface area (Å²) in [6, 6.07) is 0. The van der Waals surface area contributed by atoms with E-state index in [2.05, 4.69) is 5.32 Å². The fourth-order valence-corrected chi connectivity index (χ4v) is 0.774. The highest BCUT2D eigenvalue weighted by Gasteiger charge is 2.33. The van der Waals surface area contributed by atoms with E-state index in [-0.39, 0.29) is 18.3 Å². The van der Waals surface area contributed by atoms with Crippen LogP contribution in [0.1, 0.15) is 13.8 Å². The lowest BCUT2D eigenvalue weighted by Gasteiger charge is -2.34. The first-order chi connectivity index (χ1) is 3.61. The van der Waals surface area contributed by atoms with Crippen molar-refractivity contribution in [2.45, 2.75) is 19.5 Å². The van der Waals surface area contributed by atoms with Gasteiger partial charge in [0.25, 0.3) is 0 Å². The minimum Gasteiger partial charge on any atom is -0.316 e. The molecule has 0 unspecified atom stereocenters. The van der Waals surface area contributed by atoms with Gasteiger partial charge >= 0.3 is 0 Å². The average Bonchev–Trinajstić information content (AvgIpc) is 1.16. The molecule has 1 aliphatic heterocycles. The van der Waals surface area contributed by atoms with Crippen molar-refractivity contribution in [1.29, 1.82) is 0 Å². The predicted octanol–water partition coefficient (Wildman–Crippen LogP) is 1.38. The summed E-state index contributed by atoms with van der Waals surface area (Å²) in [5, 5.41) is 3.03. The molecular formula is C6H13ClFN. The second-order valence-corrected chi connectivity index (χ2v) is 2.92. The van der Waals surface area contributed by atoms with Crippen LogP contribution in [0, 0.1) is 5.92 Å². The van der Waals surface area contributed by atoms with Crippen LogP contribution < -0.4 is 5.32 Å². The molecule has 1 nitrogen and oxygen atoms in total. The number of hydrogen-bond acceptors (Lipinski definition) is 1. The summed E-state index contributed by atoms with van der Waals surface area (Å²) in [5.41, 5.74) is -0.967. The van der Waals surface area contributed by atoms with E-state index in [1.807, 2.05) is 0 Å².